The highest BCUT2D eigenvalue weighted by Crippen LogP contribution is 2.42. The van der Waals surface area contributed by atoms with Crippen LogP contribution in [0.25, 0.3) is 0 Å². The summed E-state index contributed by atoms with van der Waals surface area (Å²) in [6, 6.07) is 9.83. The van der Waals surface area contributed by atoms with E-state index in [4.69, 9.17) is 4.74 Å². The van der Waals surface area contributed by atoms with Crippen LogP contribution in [0.5, 0.6) is 0 Å². The molecule has 0 radical (unpaired) electrons. The smallest absolute Gasteiger partial charge is 0.379 e. The lowest BCUT2D eigenvalue weighted by Crippen LogP contribution is -2.49. The number of aryl methyl sites for hydroxylation is 1. The molecule has 0 spiro atoms. The molecule has 4 heterocycles. The Morgan fingerprint density at radius 3 is 2.56 bits per heavy atom. The maximum absolute atomic E-state index is 14.2. The quantitative estimate of drug-likeness (QED) is 0.388. The molecule has 0 bridgehead atoms. The monoisotopic (exact) mass is 575 g/mol. The van der Waals surface area contributed by atoms with Crippen LogP contribution < -0.4 is 4.90 Å². The van der Waals surface area contributed by atoms with E-state index in [1.807, 2.05) is 23.7 Å². The molecular formula is C29H30F5N5O2. The number of carbonyl (C=O) groups excluding carboxylic acids is 1. The standard InChI is InChI=1S/C29H30F5N5O2/c1-18-12-38(7-6-28(18,30)31)13-19-8-22-23(24(9-19)29(32,33)34)14-39(26(22)40)21-5-3-4-20(10-21)27(15-41-16-27)11-25-36-35-17-37(25)2/h3-5,8-10,17-18H,6-7,11-16H2,1-2H3/t18-/m1/s1. The zero-order valence-electron chi connectivity index (χ0n) is 22.7. The summed E-state index contributed by atoms with van der Waals surface area (Å²) in [5, 5.41) is 8.13. The number of hydrogen-bond donors (Lipinski definition) is 0. The number of alkyl halides is 5. The van der Waals surface area contributed by atoms with Gasteiger partial charge in [0.05, 0.1) is 25.3 Å². The van der Waals surface area contributed by atoms with E-state index in [2.05, 4.69) is 10.2 Å². The van der Waals surface area contributed by atoms with Crippen LogP contribution in [0.1, 0.15) is 51.8 Å². The topological polar surface area (TPSA) is 63.5 Å². The average molecular weight is 576 g/mol. The highest BCUT2D eigenvalue weighted by molar-refractivity contribution is 6.10. The van der Waals surface area contributed by atoms with Crippen LogP contribution in [0.4, 0.5) is 27.6 Å². The van der Waals surface area contributed by atoms with Gasteiger partial charge in [-0.3, -0.25) is 9.69 Å². The number of aromatic nitrogens is 3. The SMILES string of the molecule is C[C@@H]1CN(Cc2cc3c(c(C(F)(F)F)c2)CN(c2cccc(C4(Cc5nncn5C)COC4)c2)C3=O)CCC1(F)F. The molecule has 3 aromatic rings. The first kappa shape index (κ1) is 27.8. The van der Waals surface area contributed by atoms with Crippen molar-refractivity contribution < 1.29 is 31.5 Å². The van der Waals surface area contributed by atoms with Gasteiger partial charge in [-0.15, -0.1) is 10.2 Å². The first-order chi connectivity index (χ1) is 19.4. The van der Waals surface area contributed by atoms with Crippen LogP contribution in [0.3, 0.4) is 0 Å². The number of likely N-dealkylation sites (tertiary alicyclic amines) is 1. The Bertz CT molecular complexity index is 1480. The van der Waals surface area contributed by atoms with E-state index in [0.29, 0.717) is 25.3 Å². The molecule has 0 aliphatic carbocycles. The fourth-order valence-corrected chi connectivity index (χ4v) is 6.08. The largest absolute Gasteiger partial charge is 0.416 e. The first-order valence-electron chi connectivity index (χ1n) is 13.5. The summed E-state index contributed by atoms with van der Waals surface area (Å²) in [6.07, 6.45) is -2.85. The summed E-state index contributed by atoms with van der Waals surface area (Å²) in [5.41, 5.74) is 0.354. The second kappa shape index (κ2) is 9.87. The van der Waals surface area contributed by atoms with Gasteiger partial charge >= 0.3 is 6.18 Å². The van der Waals surface area contributed by atoms with Gasteiger partial charge in [-0.05, 0) is 41.0 Å². The molecule has 7 nitrogen and oxygen atoms in total. The number of benzene rings is 2. The minimum atomic E-state index is -4.68. The van der Waals surface area contributed by atoms with Crippen molar-refractivity contribution in [1.82, 2.24) is 19.7 Å². The number of nitrogens with zero attached hydrogens (tertiary/aromatic N) is 5. The normalized spacial score (nSPS) is 22.1. The summed E-state index contributed by atoms with van der Waals surface area (Å²) in [6.45, 7) is 2.32. The molecule has 3 aliphatic rings. The third-order valence-corrected chi connectivity index (χ3v) is 8.66. The van der Waals surface area contributed by atoms with Gasteiger partial charge in [0.1, 0.15) is 12.2 Å². The number of amides is 1. The minimum Gasteiger partial charge on any atom is -0.379 e. The molecule has 12 heteroatoms. The lowest BCUT2D eigenvalue weighted by Gasteiger charge is -2.42. The van der Waals surface area contributed by atoms with E-state index in [1.54, 1.807) is 23.4 Å². The van der Waals surface area contributed by atoms with Crippen molar-refractivity contribution in [2.75, 3.05) is 31.2 Å². The van der Waals surface area contributed by atoms with E-state index in [1.165, 1.54) is 17.9 Å². The Balaban J connectivity index is 1.29. The van der Waals surface area contributed by atoms with Crippen LogP contribution >= 0.6 is 0 Å². The molecule has 0 saturated carbocycles. The van der Waals surface area contributed by atoms with Gasteiger partial charge in [-0.1, -0.05) is 19.1 Å². The fourth-order valence-electron chi connectivity index (χ4n) is 6.08. The van der Waals surface area contributed by atoms with Crippen molar-refractivity contribution in [2.45, 2.75) is 50.4 Å². The van der Waals surface area contributed by atoms with E-state index in [0.717, 1.165) is 17.5 Å². The number of hydrogen-bond acceptors (Lipinski definition) is 5. The molecule has 3 aliphatic heterocycles. The zero-order valence-corrected chi connectivity index (χ0v) is 22.7. The van der Waals surface area contributed by atoms with Crippen molar-refractivity contribution in [3.05, 3.63) is 76.4 Å². The first-order valence-corrected chi connectivity index (χ1v) is 13.5. The predicted octanol–water partition coefficient (Wildman–Crippen LogP) is 4.98. The second-order valence-corrected chi connectivity index (χ2v) is 11.6. The molecule has 2 aromatic carbocycles. The highest BCUT2D eigenvalue weighted by Gasteiger charge is 2.44. The molecule has 6 rings (SSSR count). The summed E-state index contributed by atoms with van der Waals surface area (Å²) in [7, 11) is 1.85. The number of halogens is 5. The van der Waals surface area contributed by atoms with E-state index in [-0.39, 0.29) is 54.7 Å². The van der Waals surface area contributed by atoms with Crippen molar-refractivity contribution in [1.29, 1.82) is 0 Å². The van der Waals surface area contributed by atoms with Crippen LogP contribution in [-0.4, -0.2) is 57.8 Å². The van der Waals surface area contributed by atoms with Crippen molar-refractivity contribution in [2.24, 2.45) is 13.0 Å². The Labute approximate surface area is 233 Å². The molecule has 1 atom stereocenters. The summed E-state index contributed by atoms with van der Waals surface area (Å²) in [4.78, 5) is 16.7. The maximum Gasteiger partial charge on any atom is 0.416 e. The van der Waals surface area contributed by atoms with Gasteiger partial charge in [-0.25, -0.2) is 8.78 Å². The Kier molecular flexibility index (Phi) is 6.68. The fraction of sp³-hybridized carbons (Fsp3) is 0.483. The Morgan fingerprint density at radius 1 is 1.15 bits per heavy atom. The lowest BCUT2D eigenvalue weighted by molar-refractivity contribution is -0.138. The van der Waals surface area contributed by atoms with Crippen molar-refractivity contribution in [3.63, 3.8) is 0 Å². The molecule has 0 unspecified atom stereocenters. The number of ether oxygens (including phenoxy) is 1. The molecule has 2 fully saturated rings. The summed E-state index contributed by atoms with van der Waals surface area (Å²) in [5.74, 6) is -3.45. The average Bonchev–Trinajstić information content (AvgIpc) is 3.45. The van der Waals surface area contributed by atoms with Gasteiger partial charge in [0.15, 0.2) is 0 Å². The predicted molar refractivity (Wildman–Crippen MR) is 140 cm³/mol. The second-order valence-electron chi connectivity index (χ2n) is 11.6. The van der Waals surface area contributed by atoms with Gasteiger partial charge in [0, 0.05) is 62.1 Å². The van der Waals surface area contributed by atoms with Crippen molar-refractivity contribution in [3.8, 4) is 0 Å². The number of anilines is 1. The molecule has 2 saturated heterocycles. The summed E-state index contributed by atoms with van der Waals surface area (Å²) >= 11 is 0. The third kappa shape index (κ3) is 5.01. The van der Waals surface area contributed by atoms with Gasteiger partial charge in [0.25, 0.3) is 11.8 Å². The lowest BCUT2D eigenvalue weighted by atomic mass is 9.75. The Morgan fingerprint density at radius 2 is 1.93 bits per heavy atom. The summed E-state index contributed by atoms with van der Waals surface area (Å²) < 4.78 is 78.0. The van der Waals surface area contributed by atoms with Crippen LogP contribution in [-0.2, 0) is 42.9 Å². The molecule has 218 valence electrons. The molecule has 41 heavy (non-hydrogen) atoms. The number of carbonyl (C=O) groups is 1. The number of fused-ring (bicyclic) bond motifs is 1. The highest BCUT2D eigenvalue weighted by atomic mass is 19.4. The van der Waals surface area contributed by atoms with Gasteiger partial charge in [-0.2, -0.15) is 13.2 Å². The number of rotatable bonds is 6. The van der Waals surface area contributed by atoms with Gasteiger partial charge < -0.3 is 14.2 Å². The minimum absolute atomic E-state index is 0.00334. The van der Waals surface area contributed by atoms with Crippen LogP contribution in [0.2, 0.25) is 0 Å². The van der Waals surface area contributed by atoms with E-state index >= 15 is 0 Å². The van der Waals surface area contributed by atoms with E-state index < -0.39 is 29.5 Å². The maximum atomic E-state index is 14.2. The van der Waals surface area contributed by atoms with E-state index in [9.17, 15) is 26.7 Å². The molecule has 0 N–H and O–H groups in total. The molecular weight excluding hydrogens is 545 g/mol. The molecule has 1 amide bonds. The third-order valence-electron chi connectivity index (χ3n) is 8.66. The number of piperidine rings is 1. The van der Waals surface area contributed by atoms with Crippen LogP contribution in [0.15, 0.2) is 42.7 Å². The zero-order chi connectivity index (χ0) is 29.2. The van der Waals surface area contributed by atoms with Crippen LogP contribution in [0, 0.1) is 5.92 Å². The Hall–Kier alpha value is -3.38. The molecule has 1 aromatic heterocycles. The van der Waals surface area contributed by atoms with Crippen molar-refractivity contribution >= 4 is 11.6 Å². The van der Waals surface area contributed by atoms with Gasteiger partial charge in [0.2, 0.25) is 0 Å².